The zero-order chi connectivity index (χ0) is 16.1. The highest BCUT2D eigenvalue weighted by Gasteiger charge is 2.07. The van der Waals surface area contributed by atoms with Gasteiger partial charge in [0.25, 0.3) is 0 Å². The quantitative estimate of drug-likeness (QED) is 0.661. The molecule has 0 radical (unpaired) electrons. The Bertz CT molecular complexity index is 774. The summed E-state index contributed by atoms with van der Waals surface area (Å²) < 4.78 is 6.07. The van der Waals surface area contributed by atoms with E-state index in [0.29, 0.717) is 10.9 Å². The molecule has 0 bridgehead atoms. The minimum Gasteiger partial charge on any atom is -0.449 e. The Morgan fingerprint density at radius 2 is 1.96 bits per heavy atom. The third-order valence-electron chi connectivity index (χ3n) is 2.92. The maximum absolute atomic E-state index is 11.8. The number of carbonyl (C=O) groups is 1. The lowest BCUT2D eigenvalue weighted by Crippen LogP contribution is -2.13. The lowest BCUT2D eigenvalue weighted by atomic mass is 10.1. The van der Waals surface area contributed by atoms with Crippen LogP contribution in [0.3, 0.4) is 0 Å². The van der Waals surface area contributed by atoms with Gasteiger partial charge in [-0.05, 0) is 30.3 Å². The number of furan rings is 1. The zero-order valence-corrected chi connectivity index (χ0v) is 14.3. The summed E-state index contributed by atoms with van der Waals surface area (Å²) in [6.45, 7) is 0. The molecule has 0 saturated carbocycles. The second-order valence-electron chi connectivity index (χ2n) is 4.58. The van der Waals surface area contributed by atoms with E-state index in [2.05, 4.69) is 31.4 Å². The molecule has 0 spiro atoms. The number of halogens is 1. The topological polar surface area (TPSA) is 68.0 Å². The van der Waals surface area contributed by atoms with Gasteiger partial charge in [0.05, 0.1) is 17.7 Å². The summed E-state index contributed by atoms with van der Waals surface area (Å²) in [7, 11) is 0. The van der Waals surface area contributed by atoms with E-state index < -0.39 is 0 Å². The van der Waals surface area contributed by atoms with E-state index in [9.17, 15) is 4.79 Å². The van der Waals surface area contributed by atoms with Gasteiger partial charge in [0.1, 0.15) is 5.03 Å². The molecule has 0 aliphatic heterocycles. The van der Waals surface area contributed by atoms with Crippen LogP contribution in [-0.4, -0.2) is 21.9 Å². The molecule has 7 heteroatoms. The van der Waals surface area contributed by atoms with Crippen molar-refractivity contribution in [3.05, 3.63) is 59.3 Å². The first-order valence-electron chi connectivity index (χ1n) is 6.76. The van der Waals surface area contributed by atoms with Crippen LogP contribution in [0.5, 0.6) is 0 Å². The maximum atomic E-state index is 11.8. The second-order valence-corrected chi connectivity index (χ2v) is 6.49. The van der Waals surface area contributed by atoms with Crippen LogP contribution in [0.4, 0.5) is 5.88 Å². The summed E-state index contributed by atoms with van der Waals surface area (Å²) in [4.78, 5) is 11.8. The number of hydrogen-bond donors (Lipinski definition) is 1. The average Bonchev–Trinajstić information content (AvgIpc) is 3.07. The first-order chi connectivity index (χ1) is 11.2. The Hall–Kier alpha value is -2.12. The summed E-state index contributed by atoms with van der Waals surface area (Å²) in [6.07, 6.45) is 1.51. The largest absolute Gasteiger partial charge is 0.449 e. The van der Waals surface area contributed by atoms with Crippen LogP contribution in [-0.2, 0) is 4.79 Å². The zero-order valence-electron chi connectivity index (χ0n) is 11.9. The number of nitrogens with one attached hydrogen (secondary N) is 1. The van der Waals surface area contributed by atoms with E-state index in [0.717, 1.165) is 15.7 Å². The van der Waals surface area contributed by atoms with Gasteiger partial charge in [-0.1, -0.05) is 39.8 Å². The number of amides is 1. The summed E-state index contributed by atoms with van der Waals surface area (Å²) in [5.41, 5.74) is 1.79. The van der Waals surface area contributed by atoms with E-state index in [-0.39, 0.29) is 11.7 Å². The van der Waals surface area contributed by atoms with Gasteiger partial charge in [-0.25, -0.2) is 0 Å². The fourth-order valence-corrected chi connectivity index (χ4v) is 2.71. The molecule has 23 heavy (non-hydrogen) atoms. The van der Waals surface area contributed by atoms with Crippen molar-refractivity contribution < 1.29 is 9.21 Å². The number of nitrogens with zero attached hydrogens (tertiary/aromatic N) is 2. The van der Waals surface area contributed by atoms with Gasteiger partial charge in [-0.3, -0.25) is 10.1 Å². The van der Waals surface area contributed by atoms with E-state index in [1.54, 1.807) is 12.1 Å². The van der Waals surface area contributed by atoms with Crippen molar-refractivity contribution in [1.29, 1.82) is 0 Å². The van der Waals surface area contributed by atoms with Crippen LogP contribution in [0, 0.1) is 0 Å². The fourth-order valence-electron chi connectivity index (χ4n) is 1.83. The number of thioether (sulfide) groups is 1. The highest BCUT2D eigenvalue weighted by atomic mass is 79.9. The number of hydrogen-bond acceptors (Lipinski definition) is 5. The minimum absolute atomic E-state index is 0.149. The van der Waals surface area contributed by atoms with Crippen molar-refractivity contribution >= 4 is 39.5 Å². The second kappa shape index (κ2) is 7.43. The van der Waals surface area contributed by atoms with Crippen molar-refractivity contribution in [1.82, 2.24) is 10.2 Å². The molecule has 1 aromatic carbocycles. The number of aromatic nitrogens is 2. The molecule has 3 rings (SSSR count). The molecule has 1 N–H and O–H groups in total. The van der Waals surface area contributed by atoms with Gasteiger partial charge in [0.2, 0.25) is 5.91 Å². The van der Waals surface area contributed by atoms with E-state index >= 15 is 0 Å². The molecule has 116 valence electrons. The highest BCUT2D eigenvalue weighted by Crippen LogP contribution is 2.21. The minimum atomic E-state index is -0.149. The normalized spacial score (nSPS) is 10.5. The lowest BCUT2D eigenvalue weighted by Gasteiger charge is -2.03. The smallest absolute Gasteiger partial charge is 0.237 e. The number of benzene rings is 1. The summed E-state index contributed by atoms with van der Waals surface area (Å²) >= 11 is 4.72. The molecular formula is C16H12BrN3O2S. The van der Waals surface area contributed by atoms with Crippen molar-refractivity contribution in [3.63, 3.8) is 0 Å². The molecule has 0 saturated heterocycles. The van der Waals surface area contributed by atoms with Crippen molar-refractivity contribution in [2.24, 2.45) is 0 Å². The molecule has 0 fully saturated rings. The summed E-state index contributed by atoms with van der Waals surface area (Å²) in [5.74, 6) is 0.531. The van der Waals surface area contributed by atoms with Crippen LogP contribution in [0.1, 0.15) is 0 Å². The van der Waals surface area contributed by atoms with Gasteiger partial charge >= 0.3 is 0 Å². The SMILES string of the molecule is O=C(CSc1ccc(-c2ccc(Br)cc2)nn1)Nc1ccco1. The van der Waals surface area contributed by atoms with E-state index in [1.165, 1.54) is 18.0 Å². The molecule has 5 nitrogen and oxygen atoms in total. The Morgan fingerprint density at radius 1 is 1.13 bits per heavy atom. The first-order valence-corrected chi connectivity index (χ1v) is 8.54. The lowest BCUT2D eigenvalue weighted by molar-refractivity contribution is -0.113. The molecular weight excluding hydrogens is 378 g/mol. The van der Waals surface area contributed by atoms with Crippen molar-refractivity contribution in [3.8, 4) is 11.3 Å². The van der Waals surface area contributed by atoms with Crippen LogP contribution < -0.4 is 5.32 Å². The standard InChI is InChI=1S/C16H12BrN3O2S/c17-12-5-3-11(4-6-12)13-7-8-16(20-19-13)23-10-14(21)18-15-2-1-9-22-15/h1-9H,10H2,(H,18,21). The van der Waals surface area contributed by atoms with Crippen molar-refractivity contribution in [2.75, 3.05) is 11.1 Å². The molecule has 0 aliphatic rings. The molecule has 2 heterocycles. The predicted molar refractivity (Wildman–Crippen MR) is 93.2 cm³/mol. The Morgan fingerprint density at radius 3 is 2.61 bits per heavy atom. The molecule has 3 aromatic rings. The van der Waals surface area contributed by atoms with Crippen LogP contribution in [0.2, 0.25) is 0 Å². The third-order valence-corrected chi connectivity index (χ3v) is 4.36. The summed E-state index contributed by atoms with van der Waals surface area (Å²) in [6, 6.07) is 15.0. The Kier molecular flexibility index (Phi) is 5.09. The van der Waals surface area contributed by atoms with Gasteiger partial charge in [-0.2, -0.15) is 0 Å². The van der Waals surface area contributed by atoms with Crippen LogP contribution >= 0.6 is 27.7 Å². The van der Waals surface area contributed by atoms with Gasteiger partial charge < -0.3 is 4.42 Å². The summed E-state index contributed by atoms with van der Waals surface area (Å²) in [5, 5.41) is 11.7. The monoisotopic (exact) mass is 389 g/mol. The Labute approximate surface area is 145 Å². The first kappa shape index (κ1) is 15.8. The number of rotatable bonds is 5. The van der Waals surface area contributed by atoms with Gasteiger partial charge in [-0.15, -0.1) is 10.2 Å². The molecule has 1 amide bonds. The molecule has 0 aliphatic carbocycles. The van der Waals surface area contributed by atoms with Crippen molar-refractivity contribution in [2.45, 2.75) is 5.03 Å². The molecule has 0 unspecified atom stereocenters. The van der Waals surface area contributed by atoms with Crippen LogP contribution in [0.25, 0.3) is 11.3 Å². The van der Waals surface area contributed by atoms with Gasteiger partial charge in [0.15, 0.2) is 5.88 Å². The van der Waals surface area contributed by atoms with E-state index in [4.69, 9.17) is 4.42 Å². The fraction of sp³-hybridized carbons (Fsp3) is 0.0625. The maximum Gasteiger partial charge on any atom is 0.237 e. The highest BCUT2D eigenvalue weighted by molar-refractivity contribution is 9.10. The Balaban J connectivity index is 1.57. The van der Waals surface area contributed by atoms with Gasteiger partial charge in [0, 0.05) is 16.1 Å². The van der Waals surface area contributed by atoms with E-state index in [1.807, 2.05) is 36.4 Å². The number of carbonyl (C=O) groups excluding carboxylic acids is 1. The average molecular weight is 390 g/mol. The third kappa shape index (κ3) is 4.43. The molecule has 0 atom stereocenters. The predicted octanol–water partition coefficient (Wildman–Crippen LogP) is 4.23. The number of anilines is 1. The molecule has 2 aromatic heterocycles. The van der Waals surface area contributed by atoms with Crippen LogP contribution in [0.15, 0.2) is 68.7 Å².